The van der Waals surface area contributed by atoms with Crippen LogP contribution < -0.4 is 5.32 Å². The van der Waals surface area contributed by atoms with Crippen LogP contribution >= 0.6 is 0 Å². The zero-order valence-electron chi connectivity index (χ0n) is 13.4. The lowest BCUT2D eigenvalue weighted by atomic mass is 9.82. The molecule has 2 N–H and O–H groups in total. The summed E-state index contributed by atoms with van der Waals surface area (Å²) in [5.74, 6) is 0.763. The van der Waals surface area contributed by atoms with Gasteiger partial charge in [0.15, 0.2) is 0 Å². The minimum absolute atomic E-state index is 0.0768. The average Bonchev–Trinajstić information content (AvgIpc) is 2.49. The first-order chi connectivity index (χ1) is 9.10. The number of piperidine rings is 1. The molecule has 0 radical (unpaired) electrons. The first-order valence-electron chi connectivity index (χ1n) is 8.17. The Bertz CT molecular complexity index is 233. The normalized spacial score (nSPS) is 23.5. The Morgan fingerprint density at radius 1 is 1.32 bits per heavy atom. The van der Waals surface area contributed by atoms with Crippen molar-refractivity contribution in [2.24, 2.45) is 11.3 Å². The maximum Gasteiger partial charge on any atom is 0.0499 e. The fraction of sp³-hybridized carbons (Fsp3) is 1.00. The second-order valence-corrected chi connectivity index (χ2v) is 6.33. The highest BCUT2D eigenvalue weighted by atomic mass is 16.3. The second-order valence-electron chi connectivity index (χ2n) is 6.33. The Kier molecular flexibility index (Phi) is 7.33. The van der Waals surface area contributed by atoms with E-state index in [1.54, 1.807) is 0 Å². The number of hydrogen-bond donors (Lipinski definition) is 2. The summed E-state index contributed by atoms with van der Waals surface area (Å²) >= 11 is 0. The largest absolute Gasteiger partial charge is 0.396 e. The van der Waals surface area contributed by atoms with Crippen molar-refractivity contribution >= 4 is 0 Å². The molecule has 0 aromatic carbocycles. The number of hydrogen-bond acceptors (Lipinski definition) is 3. The number of rotatable bonds is 8. The summed E-state index contributed by atoms with van der Waals surface area (Å²) in [6.45, 7) is 13.9. The summed E-state index contributed by atoms with van der Waals surface area (Å²) in [6, 6.07) is 0.554. The third-order valence-electron chi connectivity index (χ3n) is 5.33. The van der Waals surface area contributed by atoms with Crippen LogP contribution in [-0.2, 0) is 0 Å². The van der Waals surface area contributed by atoms with Crippen molar-refractivity contribution in [2.45, 2.75) is 59.4 Å². The van der Waals surface area contributed by atoms with E-state index in [0.717, 1.165) is 25.3 Å². The molecule has 1 aliphatic heterocycles. The van der Waals surface area contributed by atoms with Gasteiger partial charge in [-0.1, -0.05) is 20.8 Å². The summed E-state index contributed by atoms with van der Waals surface area (Å²) < 4.78 is 0. The van der Waals surface area contributed by atoms with Gasteiger partial charge in [0.05, 0.1) is 0 Å². The zero-order chi connectivity index (χ0) is 14.3. The molecule has 3 heteroatoms. The predicted octanol–water partition coefficient (Wildman–Crippen LogP) is 2.50. The van der Waals surface area contributed by atoms with Crippen LogP contribution in [0.15, 0.2) is 0 Å². The molecule has 0 aliphatic carbocycles. The maximum absolute atomic E-state index is 9.63. The first-order valence-corrected chi connectivity index (χ1v) is 8.17. The van der Waals surface area contributed by atoms with Gasteiger partial charge in [0.1, 0.15) is 0 Å². The van der Waals surface area contributed by atoms with Gasteiger partial charge < -0.3 is 15.3 Å². The van der Waals surface area contributed by atoms with Gasteiger partial charge in [0.25, 0.3) is 0 Å². The van der Waals surface area contributed by atoms with Crippen LogP contribution in [0, 0.1) is 11.3 Å². The Balaban J connectivity index is 2.43. The minimum Gasteiger partial charge on any atom is -0.396 e. The predicted molar refractivity (Wildman–Crippen MR) is 82.4 cm³/mol. The van der Waals surface area contributed by atoms with E-state index in [2.05, 4.69) is 37.9 Å². The van der Waals surface area contributed by atoms with Gasteiger partial charge in [-0.3, -0.25) is 0 Å². The first kappa shape index (κ1) is 16.9. The van der Waals surface area contributed by atoms with E-state index in [1.165, 1.54) is 32.5 Å². The van der Waals surface area contributed by atoms with Crippen molar-refractivity contribution in [1.82, 2.24) is 10.2 Å². The van der Waals surface area contributed by atoms with Gasteiger partial charge >= 0.3 is 0 Å². The fourth-order valence-corrected chi connectivity index (χ4v) is 3.11. The topological polar surface area (TPSA) is 35.5 Å². The van der Waals surface area contributed by atoms with Crippen LogP contribution in [0.2, 0.25) is 0 Å². The molecule has 0 amide bonds. The zero-order valence-corrected chi connectivity index (χ0v) is 13.4. The van der Waals surface area contributed by atoms with Crippen molar-refractivity contribution in [3.8, 4) is 0 Å². The van der Waals surface area contributed by atoms with E-state index < -0.39 is 0 Å². The number of nitrogens with one attached hydrogen (secondary N) is 1. The van der Waals surface area contributed by atoms with Crippen LogP contribution in [0.1, 0.15) is 53.4 Å². The van der Waals surface area contributed by atoms with E-state index in [1.807, 2.05) is 0 Å². The molecule has 3 nitrogen and oxygen atoms in total. The molecule has 1 saturated heterocycles. The quantitative estimate of drug-likeness (QED) is 0.711. The number of likely N-dealkylation sites (tertiary alicyclic amines) is 1. The molecular weight excluding hydrogens is 236 g/mol. The molecule has 114 valence electrons. The van der Waals surface area contributed by atoms with Crippen molar-refractivity contribution < 1.29 is 5.11 Å². The van der Waals surface area contributed by atoms with Crippen molar-refractivity contribution in [2.75, 3.05) is 32.8 Å². The smallest absolute Gasteiger partial charge is 0.0499 e. The van der Waals surface area contributed by atoms with Crippen LogP contribution in [0.5, 0.6) is 0 Å². The van der Waals surface area contributed by atoms with Crippen molar-refractivity contribution in [1.29, 1.82) is 0 Å². The molecule has 1 fully saturated rings. The maximum atomic E-state index is 9.63. The van der Waals surface area contributed by atoms with Gasteiger partial charge in [0.2, 0.25) is 0 Å². The summed E-state index contributed by atoms with van der Waals surface area (Å²) in [5, 5.41) is 13.3. The Morgan fingerprint density at radius 2 is 2.00 bits per heavy atom. The van der Waals surface area contributed by atoms with E-state index in [0.29, 0.717) is 12.6 Å². The molecule has 0 spiro atoms. The Morgan fingerprint density at radius 3 is 2.53 bits per heavy atom. The summed E-state index contributed by atoms with van der Waals surface area (Å²) in [6.07, 6.45) is 4.77. The average molecular weight is 270 g/mol. The monoisotopic (exact) mass is 270 g/mol. The lowest BCUT2D eigenvalue weighted by molar-refractivity contribution is 0.0989. The van der Waals surface area contributed by atoms with Crippen molar-refractivity contribution in [3.05, 3.63) is 0 Å². The molecule has 2 atom stereocenters. The molecule has 19 heavy (non-hydrogen) atoms. The Hall–Kier alpha value is -0.120. The van der Waals surface area contributed by atoms with Crippen LogP contribution in [0.3, 0.4) is 0 Å². The molecule has 1 rings (SSSR count). The van der Waals surface area contributed by atoms with E-state index >= 15 is 0 Å². The van der Waals surface area contributed by atoms with Gasteiger partial charge in [-0.2, -0.15) is 0 Å². The van der Waals surface area contributed by atoms with E-state index in [9.17, 15) is 5.11 Å². The summed E-state index contributed by atoms with van der Waals surface area (Å²) in [4.78, 5) is 2.56. The van der Waals surface area contributed by atoms with Crippen LogP contribution in [0.4, 0.5) is 0 Å². The highest BCUT2D eigenvalue weighted by Crippen LogP contribution is 2.26. The molecule has 0 saturated carbocycles. The van der Waals surface area contributed by atoms with Gasteiger partial charge in [-0.05, 0) is 51.6 Å². The number of aliphatic hydroxyl groups is 1. The third kappa shape index (κ3) is 4.73. The lowest BCUT2D eigenvalue weighted by Crippen LogP contribution is -2.47. The molecule has 1 aliphatic rings. The lowest BCUT2D eigenvalue weighted by Gasteiger charge is -2.38. The van der Waals surface area contributed by atoms with Crippen molar-refractivity contribution in [3.63, 3.8) is 0 Å². The SMILES string of the molecule is CCN1CCCC(C(C)NCC(CC)(CC)CO)C1. The molecule has 1 heterocycles. The third-order valence-corrected chi connectivity index (χ3v) is 5.33. The molecule has 0 aromatic heterocycles. The summed E-state index contributed by atoms with van der Waals surface area (Å²) in [7, 11) is 0. The molecule has 2 unspecified atom stereocenters. The molecule has 0 aromatic rings. The minimum atomic E-state index is 0.0768. The molecular formula is C16H34N2O. The van der Waals surface area contributed by atoms with E-state index in [-0.39, 0.29) is 5.41 Å². The summed E-state index contributed by atoms with van der Waals surface area (Å²) in [5.41, 5.74) is 0.0768. The van der Waals surface area contributed by atoms with Gasteiger partial charge in [0, 0.05) is 31.2 Å². The highest BCUT2D eigenvalue weighted by Gasteiger charge is 2.28. The Labute approximate surface area is 119 Å². The second kappa shape index (κ2) is 8.23. The fourth-order valence-electron chi connectivity index (χ4n) is 3.11. The van der Waals surface area contributed by atoms with Crippen LogP contribution in [0.25, 0.3) is 0 Å². The molecule has 0 bridgehead atoms. The van der Waals surface area contributed by atoms with Gasteiger partial charge in [-0.15, -0.1) is 0 Å². The van der Waals surface area contributed by atoms with E-state index in [4.69, 9.17) is 0 Å². The number of nitrogens with zero attached hydrogens (tertiary/aromatic N) is 1. The standard InChI is InChI=1S/C16H34N2O/c1-5-16(6-2,13-19)12-17-14(4)15-9-8-10-18(7-3)11-15/h14-15,17,19H,5-13H2,1-4H3. The highest BCUT2D eigenvalue weighted by molar-refractivity contribution is 4.84. The van der Waals surface area contributed by atoms with Gasteiger partial charge in [-0.25, -0.2) is 0 Å². The number of aliphatic hydroxyl groups excluding tert-OH is 1. The van der Waals surface area contributed by atoms with Crippen LogP contribution in [-0.4, -0.2) is 48.8 Å².